The Hall–Kier alpha value is -1.30. The lowest BCUT2D eigenvalue weighted by Crippen LogP contribution is -2.49. The van der Waals surface area contributed by atoms with Crippen molar-refractivity contribution in [1.82, 2.24) is 14.7 Å². The van der Waals surface area contributed by atoms with Gasteiger partial charge in [-0.1, -0.05) is 0 Å². The summed E-state index contributed by atoms with van der Waals surface area (Å²) in [5, 5.41) is 9.64. The largest absolute Gasteiger partial charge is 0.393 e. The Kier molecular flexibility index (Phi) is 5.08. The van der Waals surface area contributed by atoms with Crippen LogP contribution < -0.4 is 0 Å². The lowest BCUT2D eigenvalue weighted by Gasteiger charge is -2.35. The molecule has 6 nitrogen and oxygen atoms in total. The summed E-state index contributed by atoms with van der Waals surface area (Å²) in [7, 11) is 3.48. The lowest BCUT2D eigenvalue weighted by molar-refractivity contribution is -0.136. The SMILES string of the molecule is CC(O)C1CCN(C(=O)C2CCCN(C(=O)N(C)C)C2)C1. The summed E-state index contributed by atoms with van der Waals surface area (Å²) < 4.78 is 0. The summed E-state index contributed by atoms with van der Waals surface area (Å²) in [6.07, 6.45) is 2.24. The molecule has 6 heteroatoms. The van der Waals surface area contributed by atoms with Crippen molar-refractivity contribution in [3.8, 4) is 0 Å². The van der Waals surface area contributed by atoms with E-state index in [0.717, 1.165) is 32.4 Å². The Bertz CT molecular complexity index is 398. The Morgan fingerprint density at radius 2 is 1.86 bits per heavy atom. The maximum absolute atomic E-state index is 12.6. The van der Waals surface area contributed by atoms with Crippen molar-refractivity contribution in [2.45, 2.75) is 32.3 Å². The van der Waals surface area contributed by atoms with E-state index in [-0.39, 0.29) is 29.9 Å². The quantitative estimate of drug-likeness (QED) is 0.812. The molecule has 2 aliphatic heterocycles. The van der Waals surface area contributed by atoms with Gasteiger partial charge in [0.1, 0.15) is 0 Å². The average Bonchev–Trinajstić information content (AvgIpc) is 2.95. The van der Waals surface area contributed by atoms with Gasteiger partial charge in [0.2, 0.25) is 5.91 Å². The van der Waals surface area contributed by atoms with Gasteiger partial charge in [0.15, 0.2) is 0 Å². The molecule has 0 spiro atoms. The first-order valence-electron chi connectivity index (χ1n) is 7.83. The standard InChI is InChI=1S/C15H27N3O3/c1-11(19)12-6-8-17(9-12)14(20)13-5-4-7-18(10-13)15(21)16(2)3/h11-13,19H,4-10H2,1-3H3. The van der Waals surface area contributed by atoms with Crippen LogP contribution in [0.3, 0.4) is 0 Å². The number of piperidine rings is 1. The zero-order valence-corrected chi connectivity index (χ0v) is 13.3. The number of likely N-dealkylation sites (tertiary alicyclic amines) is 2. The number of rotatable bonds is 2. The van der Waals surface area contributed by atoms with Crippen molar-refractivity contribution >= 4 is 11.9 Å². The van der Waals surface area contributed by atoms with Crippen LogP contribution in [0.1, 0.15) is 26.2 Å². The normalized spacial score (nSPS) is 27.6. The number of urea groups is 1. The van der Waals surface area contributed by atoms with Crippen molar-refractivity contribution in [2.24, 2.45) is 11.8 Å². The highest BCUT2D eigenvalue weighted by molar-refractivity contribution is 5.81. The molecule has 0 radical (unpaired) electrons. The topological polar surface area (TPSA) is 64.1 Å². The maximum atomic E-state index is 12.6. The first kappa shape index (κ1) is 16.1. The molecule has 1 N–H and O–H groups in total. The van der Waals surface area contributed by atoms with Crippen LogP contribution in [0.4, 0.5) is 4.79 Å². The van der Waals surface area contributed by atoms with E-state index in [1.807, 2.05) is 4.90 Å². The second-order valence-electron chi connectivity index (χ2n) is 6.54. The molecule has 2 aliphatic rings. The monoisotopic (exact) mass is 297 g/mol. The van der Waals surface area contributed by atoms with E-state index in [4.69, 9.17) is 0 Å². The zero-order valence-electron chi connectivity index (χ0n) is 13.3. The minimum Gasteiger partial charge on any atom is -0.393 e. The van der Waals surface area contributed by atoms with E-state index in [0.29, 0.717) is 13.1 Å². The summed E-state index contributed by atoms with van der Waals surface area (Å²) in [5.41, 5.74) is 0. The number of hydrogen-bond donors (Lipinski definition) is 1. The van der Waals surface area contributed by atoms with Gasteiger partial charge in [-0.2, -0.15) is 0 Å². The van der Waals surface area contributed by atoms with Gasteiger partial charge in [-0.15, -0.1) is 0 Å². The Labute approximate surface area is 126 Å². The van der Waals surface area contributed by atoms with Gasteiger partial charge in [-0.3, -0.25) is 4.79 Å². The van der Waals surface area contributed by atoms with Gasteiger partial charge < -0.3 is 19.8 Å². The second kappa shape index (κ2) is 6.64. The molecule has 0 saturated carbocycles. The minimum absolute atomic E-state index is 0.0178. The van der Waals surface area contributed by atoms with Gasteiger partial charge in [0.25, 0.3) is 0 Å². The Morgan fingerprint density at radius 3 is 2.43 bits per heavy atom. The van der Waals surface area contributed by atoms with Gasteiger partial charge in [0, 0.05) is 46.2 Å². The lowest BCUT2D eigenvalue weighted by atomic mass is 9.96. The molecule has 0 aromatic heterocycles. The van der Waals surface area contributed by atoms with E-state index >= 15 is 0 Å². The molecule has 0 aromatic rings. The number of nitrogens with zero attached hydrogens (tertiary/aromatic N) is 3. The molecule has 21 heavy (non-hydrogen) atoms. The number of aliphatic hydroxyl groups excluding tert-OH is 1. The second-order valence-corrected chi connectivity index (χ2v) is 6.54. The molecular weight excluding hydrogens is 270 g/mol. The molecule has 2 rings (SSSR count). The van der Waals surface area contributed by atoms with Crippen LogP contribution >= 0.6 is 0 Å². The van der Waals surface area contributed by atoms with Crippen LogP contribution in [0.25, 0.3) is 0 Å². The third-order valence-corrected chi connectivity index (χ3v) is 4.64. The third kappa shape index (κ3) is 3.67. The summed E-state index contributed by atoms with van der Waals surface area (Å²) in [6.45, 7) is 4.42. The molecule has 2 saturated heterocycles. The first-order chi connectivity index (χ1) is 9.90. The van der Waals surface area contributed by atoms with E-state index < -0.39 is 0 Å². The molecule has 120 valence electrons. The van der Waals surface area contributed by atoms with Crippen LogP contribution in [0.2, 0.25) is 0 Å². The fourth-order valence-electron chi connectivity index (χ4n) is 3.27. The Balaban J connectivity index is 1.92. The number of carbonyl (C=O) groups excluding carboxylic acids is 2. The average molecular weight is 297 g/mol. The van der Waals surface area contributed by atoms with E-state index in [1.54, 1.807) is 30.8 Å². The molecule has 0 bridgehead atoms. The van der Waals surface area contributed by atoms with E-state index in [9.17, 15) is 14.7 Å². The fourth-order valence-corrected chi connectivity index (χ4v) is 3.27. The molecule has 3 amide bonds. The van der Waals surface area contributed by atoms with Gasteiger partial charge >= 0.3 is 6.03 Å². The van der Waals surface area contributed by atoms with Crippen LogP contribution in [-0.4, -0.2) is 78.1 Å². The molecule has 0 aliphatic carbocycles. The maximum Gasteiger partial charge on any atom is 0.319 e. The number of aliphatic hydroxyl groups is 1. The van der Waals surface area contributed by atoms with Crippen molar-refractivity contribution < 1.29 is 14.7 Å². The minimum atomic E-state index is -0.360. The van der Waals surface area contributed by atoms with Gasteiger partial charge in [-0.25, -0.2) is 4.79 Å². The molecule has 3 atom stereocenters. The van der Waals surface area contributed by atoms with Crippen molar-refractivity contribution in [1.29, 1.82) is 0 Å². The van der Waals surface area contributed by atoms with E-state index in [1.165, 1.54) is 0 Å². The number of carbonyl (C=O) groups is 2. The number of amides is 3. The molecule has 2 heterocycles. The molecular formula is C15H27N3O3. The molecule has 2 fully saturated rings. The van der Waals surface area contributed by atoms with Crippen molar-refractivity contribution in [2.75, 3.05) is 40.3 Å². The van der Waals surface area contributed by atoms with Crippen molar-refractivity contribution in [3.63, 3.8) is 0 Å². The third-order valence-electron chi connectivity index (χ3n) is 4.64. The highest BCUT2D eigenvalue weighted by Crippen LogP contribution is 2.25. The number of hydrogen-bond acceptors (Lipinski definition) is 3. The zero-order chi connectivity index (χ0) is 15.6. The van der Waals surface area contributed by atoms with Crippen LogP contribution in [0.5, 0.6) is 0 Å². The van der Waals surface area contributed by atoms with Crippen LogP contribution in [0, 0.1) is 11.8 Å². The summed E-state index contributed by atoms with van der Waals surface area (Å²) in [6, 6.07) is -0.0178. The molecule has 0 aromatic carbocycles. The van der Waals surface area contributed by atoms with E-state index in [2.05, 4.69) is 0 Å². The Morgan fingerprint density at radius 1 is 1.14 bits per heavy atom. The fraction of sp³-hybridized carbons (Fsp3) is 0.867. The van der Waals surface area contributed by atoms with Gasteiger partial charge in [0.05, 0.1) is 12.0 Å². The summed E-state index contributed by atoms with van der Waals surface area (Å²) >= 11 is 0. The predicted octanol–water partition coefficient (Wildman–Crippen LogP) is 0.609. The van der Waals surface area contributed by atoms with Crippen LogP contribution in [-0.2, 0) is 4.79 Å². The summed E-state index contributed by atoms with van der Waals surface area (Å²) in [5.74, 6) is 0.252. The van der Waals surface area contributed by atoms with Gasteiger partial charge in [-0.05, 0) is 26.2 Å². The highest BCUT2D eigenvalue weighted by atomic mass is 16.3. The van der Waals surface area contributed by atoms with Crippen LogP contribution in [0.15, 0.2) is 0 Å². The first-order valence-corrected chi connectivity index (χ1v) is 7.83. The predicted molar refractivity (Wildman–Crippen MR) is 79.7 cm³/mol. The molecule has 3 unspecified atom stereocenters. The summed E-state index contributed by atoms with van der Waals surface area (Å²) in [4.78, 5) is 29.8. The smallest absolute Gasteiger partial charge is 0.319 e. The highest BCUT2D eigenvalue weighted by Gasteiger charge is 2.35. The van der Waals surface area contributed by atoms with Crippen molar-refractivity contribution in [3.05, 3.63) is 0 Å².